The van der Waals surface area contributed by atoms with Crippen LogP contribution in [0.25, 0.3) is 0 Å². The molecule has 6 aromatic carbocycles. The molecule has 19 heteroatoms. The summed E-state index contributed by atoms with van der Waals surface area (Å²) in [5, 5.41) is 6.05. The van der Waals surface area contributed by atoms with Gasteiger partial charge in [-0.1, -0.05) is 128 Å². The molecule has 0 saturated heterocycles. The summed E-state index contributed by atoms with van der Waals surface area (Å²) in [4.78, 5) is 104. The molecular weight excluding hydrogens is 1170 g/mol. The van der Waals surface area contributed by atoms with Crippen LogP contribution in [-0.4, -0.2) is 74.6 Å². The third-order valence-electron chi connectivity index (χ3n) is 17.4. The first-order chi connectivity index (χ1) is 43.7. The maximum Gasteiger partial charge on any atom is 0.280 e. The zero-order valence-corrected chi connectivity index (χ0v) is 52.5. The number of ether oxygens (including phenoxy) is 1. The zero-order chi connectivity index (χ0) is 62.7. The lowest BCUT2D eigenvalue weighted by atomic mass is 9.86. The Labute approximate surface area is 531 Å². The van der Waals surface area contributed by atoms with Crippen molar-refractivity contribution in [3.05, 3.63) is 226 Å². The lowest BCUT2D eigenvalue weighted by Gasteiger charge is -2.45. The summed E-state index contributed by atoms with van der Waals surface area (Å²) < 4.78 is 19.7. The van der Waals surface area contributed by atoms with Crippen LogP contribution in [0, 0.1) is 11.8 Å². The summed E-state index contributed by atoms with van der Waals surface area (Å²) in [5.74, 6) is -2.14. The first-order valence-corrected chi connectivity index (χ1v) is 32.1. The first-order valence-electron chi connectivity index (χ1n) is 30.4. The number of anilines is 6. The second-order valence-electron chi connectivity index (χ2n) is 23.7. The summed E-state index contributed by atoms with van der Waals surface area (Å²) in [6.45, 7) is 10.0. The van der Waals surface area contributed by atoms with Gasteiger partial charge in [0.2, 0.25) is 17.7 Å². The maximum atomic E-state index is 16.9. The van der Waals surface area contributed by atoms with E-state index in [1.165, 1.54) is 17.5 Å². The van der Waals surface area contributed by atoms with Gasteiger partial charge in [0.05, 0.1) is 49.1 Å². The molecule has 17 nitrogen and oxygen atoms in total. The van der Waals surface area contributed by atoms with Gasteiger partial charge < -0.3 is 38.7 Å². The number of rotatable bonds is 17. The van der Waals surface area contributed by atoms with Gasteiger partial charge in [-0.25, -0.2) is 0 Å². The average molecular weight is 1240 g/mol. The van der Waals surface area contributed by atoms with E-state index in [1.54, 1.807) is 48.6 Å². The molecular formula is C71H69N9O8S2. The van der Waals surface area contributed by atoms with E-state index >= 15 is 14.4 Å². The number of carbonyl (C=O) groups is 6. The van der Waals surface area contributed by atoms with Crippen molar-refractivity contribution in [2.75, 3.05) is 36.5 Å². The van der Waals surface area contributed by atoms with Crippen LogP contribution < -0.4 is 34.1 Å². The minimum atomic E-state index is -1.31. The summed E-state index contributed by atoms with van der Waals surface area (Å²) in [6, 6.07) is 50.8. The standard InChI is InChI=1S/C71H69N9O8S2/c1-44(2)36-52-42-56(73-88-52)69(84)75-45(3)37-61(53-28-16-19-31-58(53)75)78(49-22-10-7-11-23-49)65(81)40-48(68(83)80(51-26-14-9-15-27-51)63-39-46(4)76(59-32-20-18-30-55(59)63)70(85)57-43-72-90-74-57)41-66(82)79(50-24-12-8-13-25-50)62-38-47(5)77(60-33-21-17-29-54(60)62)71(86)67-64(87-6)34-35-89-67/h7-35,42-48,61-63H,36-41H2,1-6H3. The number of para-hydroxylation sites is 6. The molecule has 6 amide bonds. The van der Waals surface area contributed by atoms with Gasteiger partial charge in [-0.05, 0) is 129 Å². The van der Waals surface area contributed by atoms with Crippen LogP contribution in [-0.2, 0) is 20.8 Å². The molecule has 3 aliphatic rings. The maximum absolute atomic E-state index is 16.9. The smallest absolute Gasteiger partial charge is 0.280 e. The van der Waals surface area contributed by atoms with Gasteiger partial charge in [0.15, 0.2) is 11.4 Å². The predicted octanol–water partition coefficient (Wildman–Crippen LogP) is 14.1. The van der Waals surface area contributed by atoms with E-state index < -0.39 is 72.7 Å². The molecule has 0 fully saturated rings. The number of nitrogens with zero attached hydrogens (tertiary/aromatic N) is 9. The number of benzene rings is 6. The summed E-state index contributed by atoms with van der Waals surface area (Å²) in [5.41, 5.74) is 6.02. The Morgan fingerprint density at radius 1 is 0.556 bits per heavy atom. The van der Waals surface area contributed by atoms with Crippen LogP contribution in [0.2, 0.25) is 0 Å². The number of thiophene rings is 1. The average Bonchev–Trinajstić information content (AvgIpc) is 0.891. The van der Waals surface area contributed by atoms with E-state index in [9.17, 15) is 14.4 Å². The minimum Gasteiger partial charge on any atom is -0.495 e. The number of methoxy groups -OCH3 is 1. The summed E-state index contributed by atoms with van der Waals surface area (Å²) in [6.07, 6.45) is 2.14. The molecule has 12 rings (SSSR count). The van der Waals surface area contributed by atoms with Gasteiger partial charge in [-0.3, -0.25) is 28.8 Å². The number of fused-ring (bicyclic) bond motifs is 3. The highest BCUT2D eigenvalue weighted by Crippen LogP contribution is 2.48. The van der Waals surface area contributed by atoms with Crippen molar-refractivity contribution in [3.8, 4) is 5.75 Å². The molecule has 90 heavy (non-hydrogen) atoms. The number of hydrogen-bond donors (Lipinski definition) is 0. The molecule has 0 N–H and O–H groups in total. The van der Waals surface area contributed by atoms with Gasteiger partial charge >= 0.3 is 0 Å². The largest absolute Gasteiger partial charge is 0.495 e. The molecule has 0 saturated carbocycles. The molecule has 0 radical (unpaired) electrons. The SMILES string of the molecule is COc1ccsc1C(=O)N1c2ccccc2C(N(C(=O)CC(CC(=O)N(c2ccccc2)C2CC(C)N(C(=O)c3cc(CC(C)C)on3)c3ccccc32)C(=O)N(c2ccccc2)C2CC(C)N(C(=O)c3cnsn3)c3ccccc32)c2ccccc2)CC1C. The van der Waals surface area contributed by atoms with Crippen molar-refractivity contribution in [2.24, 2.45) is 11.8 Å². The van der Waals surface area contributed by atoms with Gasteiger partial charge in [-0.15, -0.1) is 11.3 Å². The quantitative estimate of drug-likeness (QED) is 0.0845. The third kappa shape index (κ3) is 11.8. The zero-order valence-electron chi connectivity index (χ0n) is 50.9. The second-order valence-corrected chi connectivity index (χ2v) is 25.2. The molecule has 0 aliphatic carbocycles. The fourth-order valence-electron chi connectivity index (χ4n) is 13.4. The molecule has 7 unspecified atom stereocenters. The monoisotopic (exact) mass is 1240 g/mol. The molecule has 9 aromatic rings. The van der Waals surface area contributed by atoms with Crippen molar-refractivity contribution >= 4 is 92.6 Å². The first kappa shape index (κ1) is 60.7. The molecule has 3 aliphatic heterocycles. The van der Waals surface area contributed by atoms with Crippen LogP contribution in [0.15, 0.2) is 192 Å². The lowest BCUT2D eigenvalue weighted by Crippen LogP contribution is -2.51. The highest BCUT2D eigenvalue weighted by atomic mass is 32.1. The van der Waals surface area contributed by atoms with Crippen LogP contribution in [0.4, 0.5) is 34.1 Å². The van der Waals surface area contributed by atoms with E-state index in [2.05, 4.69) is 27.8 Å². The third-order valence-corrected chi connectivity index (χ3v) is 18.7. The summed E-state index contributed by atoms with van der Waals surface area (Å²) in [7, 11) is 1.54. The Morgan fingerprint density at radius 2 is 0.978 bits per heavy atom. The molecule has 6 heterocycles. The fourth-order valence-corrected chi connectivity index (χ4v) is 14.6. The molecule has 3 aromatic heterocycles. The van der Waals surface area contributed by atoms with E-state index in [0.717, 1.165) is 17.3 Å². The Kier molecular flexibility index (Phi) is 17.7. The Bertz CT molecular complexity index is 4070. The Morgan fingerprint density at radius 3 is 1.42 bits per heavy atom. The van der Waals surface area contributed by atoms with Gasteiger partial charge in [0.1, 0.15) is 16.4 Å². The van der Waals surface area contributed by atoms with E-state index in [0.29, 0.717) is 80.9 Å². The molecule has 0 spiro atoms. The van der Waals surface area contributed by atoms with Crippen LogP contribution >= 0.6 is 23.1 Å². The summed E-state index contributed by atoms with van der Waals surface area (Å²) >= 11 is 2.25. The van der Waals surface area contributed by atoms with Crippen molar-refractivity contribution < 1.29 is 38.0 Å². The van der Waals surface area contributed by atoms with Gasteiger partial charge in [-0.2, -0.15) is 8.75 Å². The van der Waals surface area contributed by atoms with E-state index in [4.69, 9.17) is 9.26 Å². The number of carbonyl (C=O) groups excluding carboxylic acids is 6. The van der Waals surface area contributed by atoms with Crippen molar-refractivity contribution in [1.29, 1.82) is 0 Å². The van der Waals surface area contributed by atoms with E-state index in [1.807, 2.05) is 190 Å². The lowest BCUT2D eigenvalue weighted by molar-refractivity contribution is -0.131. The van der Waals surface area contributed by atoms with E-state index in [-0.39, 0.29) is 41.4 Å². The number of amides is 6. The highest BCUT2D eigenvalue weighted by molar-refractivity contribution is 7.12. The fraction of sp³-hybridized carbons (Fsp3) is 0.282. The molecule has 458 valence electrons. The van der Waals surface area contributed by atoms with Crippen LogP contribution in [0.5, 0.6) is 5.75 Å². The Hall–Kier alpha value is -9.59. The topological polar surface area (TPSA) is 183 Å². The molecule has 0 bridgehead atoms. The molecule has 7 atom stereocenters. The van der Waals surface area contributed by atoms with Crippen LogP contribution in [0.1, 0.15) is 138 Å². The number of hydrogen-bond acceptors (Lipinski definition) is 13. The Balaban J connectivity index is 0.973. The van der Waals surface area contributed by atoms with Gasteiger partial charge in [0, 0.05) is 77.6 Å². The van der Waals surface area contributed by atoms with Gasteiger partial charge in [0.25, 0.3) is 17.7 Å². The van der Waals surface area contributed by atoms with Crippen molar-refractivity contribution in [1.82, 2.24) is 13.9 Å². The second kappa shape index (κ2) is 26.2. The van der Waals surface area contributed by atoms with Crippen molar-refractivity contribution in [3.63, 3.8) is 0 Å². The number of aromatic nitrogens is 3. The minimum absolute atomic E-state index is 0.183. The highest BCUT2D eigenvalue weighted by Gasteiger charge is 2.46. The van der Waals surface area contributed by atoms with Crippen LogP contribution in [0.3, 0.4) is 0 Å². The predicted molar refractivity (Wildman–Crippen MR) is 351 cm³/mol. The normalized spacial score (nSPS) is 18.8. The van der Waals surface area contributed by atoms with Crippen molar-refractivity contribution in [2.45, 2.75) is 109 Å².